The lowest BCUT2D eigenvalue weighted by Gasteiger charge is -2.48. The summed E-state index contributed by atoms with van der Waals surface area (Å²) >= 11 is 12.6. The molecule has 1 fully saturated rings. The largest absolute Gasteiger partial charge is 0.486 e. The van der Waals surface area contributed by atoms with E-state index in [9.17, 15) is 0 Å². The number of hydrogen-bond acceptors (Lipinski definition) is 8. The first kappa shape index (κ1) is 24.6. The van der Waals surface area contributed by atoms with Crippen molar-refractivity contribution in [1.29, 1.82) is 0 Å². The molecular formula is C26H25Cl2N9O. The molecule has 0 saturated carbocycles. The monoisotopic (exact) mass is 549 g/mol. The normalized spacial score (nSPS) is 15.4. The molecule has 1 aromatic carbocycles. The molecule has 0 radical (unpaired) electrons. The number of ether oxygens (including phenoxy) is 1. The number of fused-ring (bicyclic) bond motifs is 1. The number of benzene rings is 1. The molecule has 5 aromatic rings. The first-order chi connectivity index (χ1) is 18.3. The Labute approximate surface area is 228 Å². The molecule has 38 heavy (non-hydrogen) atoms. The van der Waals surface area contributed by atoms with E-state index in [4.69, 9.17) is 33.7 Å². The highest BCUT2D eigenvalue weighted by molar-refractivity contribution is 6.35. The first-order valence-electron chi connectivity index (χ1n) is 12.1. The number of halogens is 2. The number of nitrogens with one attached hydrogen (secondary N) is 1. The second-order valence-corrected chi connectivity index (χ2v) is 10.6. The zero-order valence-electron chi connectivity index (χ0n) is 20.8. The summed E-state index contributed by atoms with van der Waals surface area (Å²) in [4.78, 5) is 6.13. The van der Waals surface area contributed by atoms with Gasteiger partial charge in [-0.25, -0.2) is 0 Å². The molecule has 1 atom stereocenters. The molecule has 3 N–H and O–H groups in total. The van der Waals surface area contributed by atoms with Gasteiger partial charge in [0.25, 0.3) is 0 Å². The van der Waals surface area contributed by atoms with Crippen LogP contribution >= 0.6 is 23.2 Å². The Balaban J connectivity index is 1.17. The zero-order valence-corrected chi connectivity index (χ0v) is 22.3. The molecule has 4 aromatic heterocycles. The maximum atomic E-state index is 6.57. The lowest BCUT2D eigenvalue weighted by molar-refractivity contribution is 0.227. The van der Waals surface area contributed by atoms with Gasteiger partial charge in [-0.05, 0) is 49.2 Å². The number of nitrogens with zero attached hydrogens (tertiary/aromatic N) is 7. The summed E-state index contributed by atoms with van der Waals surface area (Å²) in [6.07, 6.45) is 7.36. The van der Waals surface area contributed by atoms with Crippen LogP contribution in [0.5, 0.6) is 5.75 Å². The van der Waals surface area contributed by atoms with E-state index in [0.29, 0.717) is 45.8 Å². The van der Waals surface area contributed by atoms with Crippen molar-refractivity contribution in [3.8, 4) is 17.1 Å². The molecule has 0 aliphatic carbocycles. The fourth-order valence-electron chi connectivity index (χ4n) is 4.91. The number of aryl methyl sites for hydroxylation is 1. The van der Waals surface area contributed by atoms with Crippen LogP contribution in [-0.2, 0) is 13.5 Å². The van der Waals surface area contributed by atoms with Crippen LogP contribution in [0, 0.1) is 0 Å². The highest BCUT2D eigenvalue weighted by Crippen LogP contribution is 2.35. The highest BCUT2D eigenvalue weighted by atomic mass is 35.5. The van der Waals surface area contributed by atoms with Crippen molar-refractivity contribution in [3.63, 3.8) is 0 Å². The Kier molecular flexibility index (Phi) is 6.17. The first-order valence-corrected chi connectivity index (χ1v) is 12.8. The van der Waals surface area contributed by atoms with E-state index in [0.717, 1.165) is 28.7 Å². The van der Waals surface area contributed by atoms with Gasteiger partial charge in [-0.15, -0.1) is 10.2 Å². The summed E-state index contributed by atoms with van der Waals surface area (Å²) in [5.74, 6) is 1.43. The lowest BCUT2D eigenvalue weighted by atomic mass is 9.85. The van der Waals surface area contributed by atoms with Gasteiger partial charge in [-0.3, -0.25) is 14.8 Å². The molecule has 5 heterocycles. The standard InChI is InChI=1S/C26H25Cl2N9O/c1-15(24-19(27)10-30-11-20(24)28)38-17-3-4-21-18(7-17)25(35-32-21)22-5-6-23(34-33-22)37-13-26(29,14-37)8-16-9-31-36(2)12-16/h3-7,9-12,15H,8,13-14,29H2,1-2H3,(H,32,35)/t15-/m1/s1. The molecule has 0 amide bonds. The number of aromatic nitrogens is 7. The number of hydrogen-bond donors (Lipinski definition) is 2. The Morgan fingerprint density at radius 1 is 1.11 bits per heavy atom. The van der Waals surface area contributed by atoms with Gasteiger partial charge in [0.2, 0.25) is 0 Å². The van der Waals surface area contributed by atoms with E-state index in [2.05, 4.69) is 35.4 Å². The second kappa shape index (κ2) is 9.54. The molecule has 6 rings (SSSR count). The molecule has 1 aliphatic heterocycles. The van der Waals surface area contributed by atoms with Crippen molar-refractivity contribution in [2.45, 2.75) is 25.0 Å². The van der Waals surface area contributed by atoms with Crippen LogP contribution in [0.15, 0.2) is 55.1 Å². The van der Waals surface area contributed by atoms with E-state index in [-0.39, 0.29) is 11.6 Å². The van der Waals surface area contributed by atoms with Gasteiger partial charge in [-0.2, -0.15) is 10.2 Å². The van der Waals surface area contributed by atoms with Crippen molar-refractivity contribution in [1.82, 2.24) is 35.2 Å². The molecule has 12 heteroatoms. The number of anilines is 1. The Hall–Kier alpha value is -3.73. The number of H-pyrrole nitrogens is 1. The van der Waals surface area contributed by atoms with E-state index < -0.39 is 0 Å². The summed E-state index contributed by atoms with van der Waals surface area (Å²) in [6, 6.07) is 9.56. The third-order valence-electron chi connectivity index (χ3n) is 6.69. The van der Waals surface area contributed by atoms with Gasteiger partial charge < -0.3 is 15.4 Å². The number of pyridine rings is 1. The SMILES string of the molecule is C[C@@H](Oc1ccc2[nH]nc(-c3ccc(N4CC(N)(Cc5cnn(C)c5)C4)nn3)c2c1)c1c(Cl)cncc1Cl. The average Bonchev–Trinajstić information content (AvgIpc) is 3.48. The predicted octanol–water partition coefficient (Wildman–Crippen LogP) is 4.36. The maximum Gasteiger partial charge on any atom is 0.151 e. The van der Waals surface area contributed by atoms with E-state index in [1.165, 1.54) is 0 Å². The summed E-state index contributed by atoms with van der Waals surface area (Å²) in [5, 5.41) is 22.5. The average molecular weight is 550 g/mol. The minimum absolute atomic E-state index is 0.306. The summed E-state index contributed by atoms with van der Waals surface area (Å²) in [7, 11) is 1.91. The van der Waals surface area contributed by atoms with Gasteiger partial charge in [0.15, 0.2) is 5.82 Å². The van der Waals surface area contributed by atoms with Gasteiger partial charge in [-0.1, -0.05) is 23.2 Å². The van der Waals surface area contributed by atoms with Crippen molar-refractivity contribution >= 4 is 39.9 Å². The van der Waals surface area contributed by atoms with E-state index >= 15 is 0 Å². The van der Waals surface area contributed by atoms with E-state index in [1.807, 2.05) is 56.7 Å². The molecule has 10 nitrogen and oxygen atoms in total. The number of aromatic amines is 1. The van der Waals surface area contributed by atoms with E-state index in [1.54, 1.807) is 17.1 Å². The molecule has 1 saturated heterocycles. The Morgan fingerprint density at radius 2 is 1.89 bits per heavy atom. The third-order valence-corrected chi connectivity index (χ3v) is 7.29. The topological polar surface area (TPSA) is 124 Å². The smallest absolute Gasteiger partial charge is 0.151 e. The maximum absolute atomic E-state index is 6.57. The van der Waals surface area contributed by atoms with Gasteiger partial charge in [0.05, 0.1) is 27.3 Å². The molecular weight excluding hydrogens is 525 g/mol. The second-order valence-electron chi connectivity index (χ2n) is 9.75. The Morgan fingerprint density at radius 3 is 2.58 bits per heavy atom. The van der Waals surface area contributed by atoms with Crippen LogP contribution in [0.2, 0.25) is 10.0 Å². The number of nitrogens with two attached hydrogens (primary N) is 1. The fraction of sp³-hybridized carbons (Fsp3) is 0.269. The fourth-order valence-corrected chi connectivity index (χ4v) is 5.58. The minimum Gasteiger partial charge on any atom is -0.486 e. The van der Waals surface area contributed by atoms with Crippen molar-refractivity contribution in [2.75, 3.05) is 18.0 Å². The van der Waals surface area contributed by atoms with Crippen LogP contribution in [0.4, 0.5) is 5.82 Å². The molecule has 1 aliphatic rings. The summed E-state index contributed by atoms with van der Waals surface area (Å²) < 4.78 is 7.96. The van der Waals surface area contributed by atoms with Crippen molar-refractivity contribution in [3.05, 3.63) is 76.3 Å². The zero-order chi connectivity index (χ0) is 26.4. The third kappa shape index (κ3) is 4.66. The van der Waals surface area contributed by atoms with Gasteiger partial charge in [0.1, 0.15) is 23.2 Å². The number of rotatable bonds is 7. The quantitative estimate of drug-likeness (QED) is 0.307. The summed E-state index contributed by atoms with van der Waals surface area (Å²) in [5.41, 5.74) is 10.3. The Bertz CT molecular complexity index is 1590. The van der Waals surface area contributed by atoms with Crippen LogP contribution in [0.25, 0.3) is 22.3 Å². The van der Waals surface area contributed by atoms with Crippen LogP contribution < -0.4 is 15.4 Å². The van der Waals surface area contributed by atoms with Gasteiger partial charge in [0, 0.05) is 49.7 Å². The lowest BCUT2D eigenvalue weighted by Crippen LogP contribution is -2.68. The molecule has 0 bridgehead atoms. The summed E-state index contributed by atoms with van der Waals surface area (Å²) in [6.45, 7) is 3.29. The highest BCUT2D eigenvalue weighted by Gasteiger charge is 2.40. The van der Waals surface area contributed by atoms with Crippen molar-refractivity contribution < 1.29 is 4.74 Å². The van der Waals surface area contributed by atoms with Gasteiger partial charge >= 0.3 is 0 Å². The predicted molar refractivity (Wildman–Crippen MR) is 146 cm³/mol. The minimum atomic E-state index is -0.380. The van der Waals surface area contributed by atoms with Crippen LogP contribution in [0.3, 0.4) is 0 Å². The van der Waals surface area contributed by atoms with Crippen LogP contribution in [-0.4, -0.2) is 53.8 Å². The van der Waals surface area contributed by atoms with Crippen molar-refractivity contribution in [2.24, 2.45) is 12.8 Å². The van der Waals surface area contributed by atoms with Crippen LogP contribution in [0.1, 0.15) is 24.2 Å². The molecule has 0 unspecified atom stereocenters. The molecule has 0 spiro atoms. The molecule has 194 valence electrons.